The van der Waals surface area contributed by atoms with Crippen LogP contribution in [0.5, 0.6) is 11.5 Å². The molecule has 6 heteroatoms. The van der Waals surface area contributed by atoms with E-state index < -0.39 is 5.69 Å². The minimum absolute atomic E-state index is 0.149. The van der Waals surface area contributed by atoms with Crippen molar-refractivity contribution in [2.75, 3.05) is 5.32 Å². The summed E-state index contributed by atoms with van der Waals surface area (Å²) in [6.07, 6.45) is 0. The highest BCUT2D eigenvalue weighted by molar-refractivity contribution is 5.95. The maximum atomic E-state index is 12.9. The first-order valence-corrected chi connectivity index (χ1v) is 10.9. The lowest BCUT2D eigenvalue weighted by molar-refractivity contribution is -0.116. The lowest BCUT2D eigenvalue weighted by Crippen LogP contribution is -2.30. The van der Waals surface area contributed by atoms with Crippen molar-refractivity contribution in [3.8, 4) is 22.8 Å². The summed E-state index contributed by atoms with van der Waals surface area (Å²) in [5.74, 6) is 1.07. The zero-order valence-electron chi connectivity index (χ0n) is 18.2. The molecule has 0 spiro atoms. The molecular weight excluding hydrogens is 426 g/mol. The van der Waals surface area contributed by atoms with Crippen molar-refractivity contribution in [3.63, 3.8) is 0 Å². The molecular formula is C28H21N3O3. The molecule has 0 aliphatic rings. The number of hydrogen-bond acceptors (Lipinski definition) is 4. The van der Waals surface area contributed by atoms with Gasteiger partial charge in [0.25, 0.3) is 0 Å². The first-order valence-electron chi connectivity index (χ1n) is 10.9. The Hall–Kier alpha value is -4.71. The average molecular weight is 447 g/mol. The fourth-order valence-corrected chi connectivity index (χ4v) is 3.77. The van der Waals surface area contributed by atoms with E-state index in [0.717, 1.165) is 16.7 Å². The van der Waals surface area contributed by atoms with Crippen molar-refractivity contribution in [1.82, 2.24) is 9.55 Å². The zero-order valence-corrected chi connectivity index (χ0v) is 18.2. The summed E-state index contributed by atoms with van der Waals surface area (Å²) in [6, 6.07) is 33.6. The van der Waals surface area contributed by atoms with Crippen LogP contribution >= 0.6 is 0 Å². The largest absolute Gasteiger partial charge is 0.457 e. The van der Waals surface area contributed by atoms with Crippen LogP contribution < -0.4 is 15.7 Å². The fourth-order valence-electron chi connectivity index (χ4n) is 3.77. The summed E-state index contributed by atoms with van der Waals surface area (Å²) in [5, 5.41) is 3.65. The second-order valence-corrected chi connectivity index (χ2v) is 7.70. The second kappa shape index (κ2) is 9.42. The highest BCUT2D eigenvalue weighted by atomic mass is 16.5. The molecule has 5 aromatic rings. The Morgan fingerprint density at radius 1 is 0.765 bits per heavy atom. The van der Waals surface area contributed by atoms with Gasteiger partial charge >= 0.3 is 5.69 Å². The summed E-state index contributed by atoms with van der Waals surface area (Å²) in [7, 11) is 0. The molecule has 1 heterocycles. The van der Waals surface area contributed by atoms with Crippen LogP contribution in [-0.4, -0.2) is 15.5 Å². The number of carbonyl (C=O) groups is 1. The van der Waals surface area contributed by atoms with E-state index in [1.165, 1.54) is 4.57 Å². The van der Waals surface area contributed by atoms with Crippen LogP contribution in [0.1, 0.15) is 0 Å². The van der Waals surface area contributed by atoms with E-state index >= 15 is 0 Å². The van der Waals surface area contributed by atoms with Gasteiger partial charge in [-0.25, -0.2) is 4.79 Å². The molecule has 166 valence electrons. The molecule has 1 N–H and O–H groups in total. The van der Waals surface area contributed by atoms with Crippen LogP contribution in [0.15, 0.2) is 114 Å². The molecule has 0 fully saturated rings. The van der Waals surface area contributed by atoms with Crippen LogP contribution in [0.25, 0.3) is 22.2 Å². The summed E-state index contributed by atoms with van der Waals surface area (Å²) in [4.78, 5) is 30.0. The highest BCUT2D eigenvalue weighted by Crippen LogP contribution is 2.25. The van der Waals surface area contributed by atoms with E-state index in [1.54, 1.807) is 24.3 Å². The second-order valence-electron chi connectivity index (χ2n) is 7.70. The number of amides is 1. The molecule has 0 unspecified atom stereocenters. The lowest BCUT2D eigenvalue weighted by atomic mass is 10.1. The number of aromatic nitrogens is 2. The normalized spacial score (nSPS) is 10.7. The zero-order chi connectivity index (χ0) is 23.3. The van der Waals surface area contributed by atoms with E-state index in [-0.39, 0.29) is 12.5 Å². The number of ether oxygens (including phenoxy) is 1. The molecule has 0 atom stereocenters. The van der Waals surface area contributed by atoms with Crippen LogP contribution in [0, 0.1) is 0 Å². The van der Waals surface area contributed by atoms with Crippen LogP contribution in [0.4, 0.5) is 5.69 Å². The standard InChI is InChI=1S/C28H21N3O3/c32-26(29-21-15-17-23(18-16-21)34-22-11-5-2-6-12-22)19-31-25-14-8-7-13-24(25)27(30-28(31)33)20-9-3-1-4-10-20/h1-18H,19H2,(H,29,32). The monoisotopic (exact) mass is 447 g/mol. The first kappa shape index (κ1) is 21.2. The fraction of sp³-hybridized carbons (Fsp3) is 0.0357. The summed E-state index contributed by atoms with van der Waals surface area (Å²) < 4.78 is 7.17. The molecule has 0 aliphatic heterocycles. The Bertz CT molecular complexity index is 1500. The van der Waals surface area contributed by atoms with E-state index in [9.17, 15) is 9.59 Å². The van der Waals surface area contributed by atoms with Gasteiger partial charge in [0, 0.05) is 16.6 Å². The Morgan fingerprint density at radius 3 is 2.12 bits per heavy atom. The average Bonchev–Trinajstić information content (AvgIpc) is 2.88. The number of rotatable bonds is 6. The van der Waals surface area contributed by atoms with E-state index in [1.807, 2.05) is 84.9 Å². The maximum Gasteiger partial charge on any atom is 0.349 e. The lowest BCUT2D eigenvalue weighted by Gasteiger charge is -2.13. The van der Waals surface area contributed by atoms with Gasteiger partial charge in [-0.15, -0.1) is 0 Å². The van der Waals surface area contributed by atoms with E-state index in [4.69, 9.17) is 4.74 Å². The van der Waals surface area contributed by atoms with Crippen molar-refractivity contribution in [3.05, 3.63) is 120 Å². The Balaban J connectivity index is 1.36. The Kier molecular flexibility index (Phi) is 5.86. The number of benzene rings is 4. The number of carbonyl (C=O) groups excluding carboxylic acids is 1. The first-order chi connectivity index (χ1) is 16.7. The van der Waals surface area contributed by atoms with Gasteiger partial charge in [0.05, 0.1) is 11.2 Å². The molecule has 4 aromatic carbocycles. The smallest absolute Gasteiger partial charge is 0.349 e. The van der Waals surface area contributed by atoms with Gasteiger partial charge in [0.1, 0.15) is 18.0 Å². The molecule has 0 saturated carbocycles. The Morgan fingerprint density at radius 2 is 1.38 bits per heavy atom. The van der Waals surface area contributed by atoms with Crippen LogP contribution in [0.2, 0.25) is 0 Å². The number of hydrogen-bond donors (Lipinski definition) is 1. The van der Waals surface area contributed by atoms with Crippen molar-refractivity contribution in [2.24, 2.45) is 0 Å². The molecule has 0 radical (unpaired) electrons. The predicted molar refractivity (Wildman–Crippen MR) is 133 cm³/mol. The third kappa shape index (κ3) is 4.56. The number of fused-ring (bicyclic) bond motifs is 1. The van der Waals surface area contributed by atoms with Gasteiger partial charge in [-0.05, 0) is 42.5 Å². The van der Waals surface area contributed by atoms with E-state index in [2.05, 4.69) is 10.3 Å². The van der Waals surface area contributed by atoms with Gasteiger partial charge < -0.3 is 10.1 Å². The molecule has 0 saturated heterocycles. The SMILES string of the molecule is O=C(Cn1c(=O)nc(-c2ccccc2)c2ccccc21)Nc1ccc(Oc2ccccc2)cc1. The summed E-state index contributed by atoms with van der Waals surface area (Å²) in [5.41, 5.74) is 2.25. The summed E-state index contributed by atoms with van der Waals surface area (Å²) >= 11 is 0. The molecule has 6 nitrogen and oxygen atoms in total. The molecule has 1 amide bonds. The third-order valence-corrected chi connectivity index (χ3v) is 5.35. The molecule has 34 heavy (non-hydrogen) atoms. The number of nitrogens with one attached hydrogen (secondary N) is 1. The number of para-hydroxylation sites is 2. The minimum atomic E-state index is -0.473. The molecule has 0 aliphatic carbocycles. The van der Waals surface area contributed by atoms with Crippen molar-refractivity contribution in [1.29, 1.82) is 0 Å². The van der Waals surface area contributed by atoms with Gasteiger partial charge in [-0.2, -0.15) is 4.98 Å². The number of anilines is 1. The van der Waals surface area contributed by atoms with Crippen molar-refractivity contribution >= 4 is 22.5 Å². The van der Waals surface area contributed by atoms with Crippen molar-refractivity contribution < 1.29 is 9.53 Å². The van der Waals surface area contributed by atoms with Crippen LogP contribution in [-0.2, 0) is 11.3 Å². The van der Waals surface area contributed by atoms with Gasteiger partial charge in [0.15, 0.2) is 0 Å². The predicted octanol–water partition coefficient (Wildman–Crippen LogP) is 5.49. The van der Waals surface area contributed by atoms with Gasteiger partial charge in [0.2, 0.25) is 5.91 Å². The summed E-state index contributed by atoms with van der Waals surface area (Å²) in [6.45, 7) is -0.149. The molecule has 5 rings (SSSR count). The van der Waals surface area contributed by atoms with Crippen molar-refractivity contribution in [2.45, 2.75) is 6.54 Å². The minimum Gasteiger partial charge on any atom is -0.457 e. The highest BCUT2D eigenvalue weighted by Gasteiger charge is 2.14. The van der Waals surface area contributed by atoms with E-state index in [0.29, 0.717) is 22.6 Å². The Labute approximate surface area is 196 Å². The van der Waals surface area contributed by atoms with Gasteiger partial charge in [-0.3, -0.25) is 9.36 Å². The van der Waals surface area contributed by atoms with Crippen LogP contribution in [0.3, 0.4) is 0 Å². The topological polar surface area (TPSA) is 73.2 Å². The third-order valence-electron chi connectivity index (χ3n) is 5.35. The number of nitrogens with zero attached hydrogens (tertiary/aromatic N) is 2. The molecule has 1 aromatic heterocycles. The van der Waals surface area contributed by atoms with Gasteiger partial charge in [-0.1, -0.05) is 66.7 Å². The maximum absolute atomic E-state index is 12.9. The molecule has 0 bridgehead atoms. The quantitative estimate of drug-likeness (QED) is 0.373.